The predicted molar refractivity (Wildman–Crippen MR) is 77.3 cm³/mol. The second kappa shape index (κ2) is 5.40. The lowest BCUT2D eigenvalue weighted by atomic mass is 10.1. The highest BCUT2D eigenvalue weighted by atomic mass is 16.6. The van der Waals surface area contributed by atoms with E-state index >= 15 is 0 Å². The molecule has 0 aliphatic carbocycles. The highest BCUT2D eigenvalue weighted by molar-refractivity contribution is 5.96. The average molecular weight is 285 g/mol. The van der Waals surface area contributed by atoms with E-state index in [-0.39, 0.29) is 11.6 Å². The Morgan fingerprint density at radius 2 is 2.00 bits per heavy atom. The number of nitrogens with one attached hydrogen (secondary N) is 1. The number of aryl methyl sites for hydroxylation is 2. The van der Waals surface area contributed by atoms with E-state index in [9.17, 15) is 14.9 Å². The molecule has 0 saturated heterocycles. The second-order valence-electron chi connectivity index (χ2n) is 5.05. The van der Waals surface area contributed by atoms with Gasteiger partial charge in [-0.15, -0.1) is 0 Å². The number of hydrogen-bond acceptors (Lipinski definition) is 3. The molecule has 3 rings (SSSR count). The van der Waals surface area contributed by atoms with Gasteiger partial charge in [-0.3, -0.25) is 14.9 Å². The molecule has 0 spiro atoms. The Kier molecular flexibility index (Phi) is 3.43. The summed E-state index contributed by atoms with van der Waals surface area (Å²) < 4.78 is 2.09. The van der Waals surface area contributed by atoms with Gasteiger partial charge in [-0.1, -0.05) is 12.1 Å². The SMILES string of the molecule is O=C1NCCc2c1ccn2CCc1ccc([N+](=O)[O-])cc1. The number of nitro groups is 1. The first-order chi connectivity index (χ1) is 10.1. The van der Waals surface area contributed by atoms with Crippen LogP contribution in [0.2, 0.25) is 0 Å². The summed E-state index contributed by atoms with van der Waals surface area (Å²) in [7, 11) is 0. The van der Waals surface area contributed by atoms with Gasteiger partial charge in [-0.05, 0) is 18.1 Å². The molecule has 1 amide bonds. The molecule has 6 heteroatoms. The van der Waals surface area contributed by atoms with Gasteiger partial charge in [0.1, 0.15) is 0 Å². The van der Waals surface area contributed by atoms with Gasteiger partial charge in [0.15, 0.2) is 0 Å². The fourth-order valence-electron chi connectivity index (χ4n) is 2.62. The molecule has 0 fully saturated rings. The van der Waals surface area contributed by atoms with E-state index in [4.69, 9.17) is 0 Å². The van der Waals surface area contributed by atoms with Crippen LogP contribution in [0.3, 0.4) is 0 Å². The van der Waals surface area contributed by atoms with Gasteiger partial charge >= 0.3 is 0 Å². The standard InChI is InChI=1S/C15H15N3O3/c19-15-13-7-10-17(14(13)5-8-16-15)9-6-11-1-3-12(4-2-11)18(20)21/h1-4,7,10H,5-6,8-9H2,(H,16,19). The monoisotopic (exact) mass is 285 g/mol. The van der Waals surface area contributed by atoms with Crippen LogP contribution < -0.4 is 5.32 Å². The van der Waals surface area contributed by atoms with E-state index in [1.165, 1.54) is 12.1 Å². The van der Waals surface area contributed by atoms with Gasteiger partial charge in [0, 0.05) is 43.5 Å². The van der Waals surface area contributed by atoms with Crippen LogP contribution in [0.1, 0.15) is 21.6 Å². The summed E-state index contributed by atoms with van der Waals surface area (Å²) in [5, 5.41) is 13.4. The molecule has 0 atom stereocenters. The zero-order valence-corrected chi connectivity index (χ0v) is 11.4. The molecular formula is C15H15N3O3. The molecule has 108 valence electrons. The number of rotatable bonds is 4. The summed E-state index contributed by atoms with van der Waals surface area (Å²) in [5.41, 5.74) is 2.97. The maximum Gasteiger partial charge on any atom is 0.269 e. The van der Waals surface area contributed by atoms with Crippen molar-refractivity contribution in [2.45, 2.75) is 19.4 Å². The topological polar surface area (TPSA) is 77.2 Å². The molecule has 6 nitrogen and oxygen atoms in total. The molecule has 1 aromatic heterocycles. The number of non-ortho nitro benzene ring substituents is 1. The highest BCUT2D eigenvalue weighted by Gasteiger charge is 2.19. The Bertz CT molecular complexity index is 689. The van der Waals surface area contributed by atoms with Crippen molar-refractivity contribution in [1.82, 2.24) is 9.88 Å². The number of aromatic nitrogens is 1. The molecule has 21 heavy (non-hydrogen) atoms. The molecule has 1 aromatic carbocycles. The van der Waals surface area contributed by atoms with E-state index in [0.29, 0.717) is 6.54 Å². The Balaban J connectivity index is 1.71. The Morgan fingerprint density at radius 3 is 2.71 bits per heavy atom. The first-order valence-electron chi connectivity index (χ1n) is 6.84. The number of carbonyl (C=O) groups excluding carboxylic acids is 1. The van der Waals surface area contributed by atoms with Crippen LogP contribution in [0.4, 0.5) is 5.69 Å². The lowest BCUT2D eigenvalue weighted by molar-refractivity contribution is -0.384. The first kappa shape index (κ1) is 13.4. The van der Waals surface area contributed by atoms with Gasteiger partial charge in [-0.2, -0.15) is 0 Å². The van der Waals surface area contributed by atoms with Crippen LogP contribution in [-0.2, 0) is 19.4 Å². The highest BCUT2D eigenvalue weighted by Crippen LogP contribution is 2.17. The third-order valence-electron chi connectivity index (χ3n) is 3.76. The number of nitro benzene ring substituents is 1. The number of amides is 1. The van der Waals surface area contributed by atoms with Crippen molar-refractivity contribution in [2.75, 3.05) is 6.54 Å². The molecule has 1 N–H and O–H groups in total. The smallest absolute Gasteiger partial charge is 0.269 e. The molecule has 0 radical (unpaired) electrons. The minimum atomic E-state index is -0.398. The van der Waals surface area contributed by atoms with E-state index in [0.717, 1.165) is 36.2 Å². The van der Waals surface area contributed by atoms with Crippen molar-refractivity contribution < 1.29 is 9.72 Å². The molecule has 2 heterocycles. The lowest BCUT2D eigenvalue weighted by Crippen LogP contribution is -2.32. The molecular weight excluding hydrogens is 270 g/mol. The van der Waals surface area contributed by atoms with Crippen LogP contribution in [0.15, 0.2) is 36.5 Å². The summed E-state index contributed by atoms with van der Waals surface area (Å²) in [6.45, 7) is 1.44. The number of carbonyl (C=O) groups is 1. The van der Waals surface area contributed by atoms with Crippen LogP contribution in [0.25, 0.3) is 0 Å². The summed E-state index contributed by atoms with van der Waals surface area (Å²) >= 11 is 0. The molecule has 0 bridgehead atoms. The fourth-order valence-corrected chi connectivity index (χ4v) is 2.62. The van der Waals surface area contributed by atoms with Crippen molar-refractivity contribution in [1.29, 1.82) is 0 Å². The number of nitrogens with zero attached hydrogens (tertiary/aromatic N) is 2. The van der Waals surface area contributed by atoms with Crippen molar-refractivity contribution >= 4 is 11.6 Å². The van der Waals surface area contributed by atoms with Crippen molar-refractivity contribution in [3.8, 4) is 0 Å². The van der Waals surface area contributed by atoms with Gasteiger partial charge in [0.25, 0.3) is 11.6 Å². The third-order valence-corrected chi connectivity index (χ3v) is 3.76. The number of fused-ring (bicyclic) bond motifs is 1. The van der Waals surface area contributed by atoms with E-state index in [2.05, 4.69) is 9.88 Å². The molecule has 0 saturated carbocycles. The normalized spacial score (nSPS) is 13.6. The summed E-state index contributed by atoms with van der Waals surface area (Å²) in [5.74, 6) is -0.00895. The van der Waals surface area contributed by atoms with Crippen LogP contribution in [-0.4, -0.2) is 21.9 Å². The number of hydrogen-bond donors (Lipinski definition) is 1. The van der Waals surface area contributed by atoms with Crippen LogP contribution >= 0.6 is 0 Å². The van der Waals surface area contributed by atoms with Gasteiger partial charge in [0.2, 0.25) is 0 Å². The lowest BCUT2D eigenvalue weighted by Gasteiger charge is -2.16. The maximum absolute atomic E-state index is 11.7. The maximum atomic E-state index is 11.7. The predicted octanol–water partition coefficient (Wildman–Crippen LogP) is 1.92. The van der Waals surface area contributed by atoms with Gasteiger partial charge < -0.3 is 9.88 Å². The minimum absolute atomic E-state index is 0.00895. The van der Waals surface area contributed by atoms with Crippen molar-refractivity contribution in [3.63, 3.8) is 0 Å². The molecule has 1 aliphatic heterocycles. The second-order valence-corrected chi connectivity index (χ2v) is 5.05. The van der Waals surface area contributed by atoms with Crippen LogP contribution in [0.5, 0.6) is 0 Å². The van der Waals surface area contributed by atoms with Gasteiger partial charge in [-0.25, -0.2) is 0 Å². The summed E-state index contributed by atoms with van der Waals surface area (Å²) in [6, 6.07) is 8.45. The third kappa shape index (κ3) is 2.65. The largest absolute Gasteiger partial charge is 0.352 e. The fraction of sp³-hybridized carbons (Fsp3) is 0.267. The molecule has 2 aromatic rings. The summed E-state index contributed by atoms with van der Waals surface area (Å²) in [6.07, 6.45) is 3.55. The van der Waals surface area contributed by atoms with E-state index < -0.39 is 4.92 Å². The van der Waals surface area contributed by atoms with Crippen molar-refractivity contribution in [2.24, 2.45) is 0 Å². The quantitative estimate of drug-likeness (QED) is 0.688. The van der Waals surface area contributed by atoms with Crippen LogP contribution in [0, 0.1) is 10.1 Å². The summed E-state index contributed by atoms with van der Waals surface area (Å²) in [4.78, 5) is 21.9. The minimum Gasteiger partial charge on any atom is -0.352 e. The van der Waals surface area contributed by atoms with E-state index in [1.54, 1.807) is 12.1 Å². The Hall–Kier alpha value is -2.63. The Labute approximate surface area is 121 Å². The Morgan fingerprint density at radius 1 is 1.24 bits per heavy atom. The zero-order chi connectivity index (χ0) is 14.8. The average Bonchev–Trinajstić information content (AvgIpc) is 2.90. The number of benzene rings is 1. The van der Waals surface area contributed by atoms with Gasteiger partial charge in [0.05, 0.1) is 10.5 Å². The first-order valence-corrected chi connectivity index (χ1v) is 6.84. The zero-order valence-electron chi connectivity index (χ0n) is 11.4. The molecule has 0 unspecified atom stereocenters. The van der Waals surface area contributed by atoms with E-state index in [1.807, 2.05) is 12.3 Å². The van der Waals surface area contributed by atoms with Crippen molar-refractivity contribution in [3.05, 3.63) is 63.5 Å². The molecule has 1 aliphatic rings.